The molecule has 0 bridgehead atoms. The monoisotopic (exact) mass is 153 g/mol. The fourth-order valence-corrected chi connectivity index (χ4v) is 0.965. The lowest BCUT2D eigenvalue weighted by Crippen LogP contribution is -1.74. The maximum atomic E-state index is 2.39. The minimum atomic E-state index is 1.24. The largest absolute Gasteiger partial charge is 0.0885 e. The van der Waals surface area contributed by atoms with Crippen molar-refractivity contribution in [3.05, 3.63) is 18.6 Å². The van der Waals surface area contributed by atoms with E-state index in [0.717, 1.165) is 0 Å². The molecule has 0 nitrogen and oxygen atoms in total. The first-order chi connectivity index (χ1) is 5.41. The lowest BCUT2D eigenvalue weighted by molar-refractivity contribution is 0.819. The molecule has 0 fully saturated rings. The first-order valence-corrected chi connectivity index (χ1v) is 4.88. The van der Waals surface area contributed by atoms with Crippen LogP contribution >= 0.6 is 0 Å². The Hall–Kier alpha value is -0.260. The molecule has 0 aliphatic rings. The summed E-state index contributed by atoms with van der Waals surface area (Å²) >= 11 is 0. The van der Waals surface area contributed by atoms with E-state index in [4.69, 9.17) is 0 Å². The molecule has 0 heterocycles. The van der Waals surface area contributed by atoms with E-state index in [9.17, 15) is 0 Å². The maximum absolute atomic E-state index is 2.39. The molecule has 0 saturated carbocycles. The molecular weight excluding hydrogens is 132 g/mol. The van der Waals surface area contributed by atoms with Crippen LogP contribution in [0.2, 0.25) is 0 Å². The molecule has 0 aromatic carbocycles. The van der Waals surface area contributed by atoms with Crippen molar-refractivity contribution in [2.75, 3.05) is 0 Å². The van der Waals surface area contributed by atoms with Crippen molar-refractivity contribution in [1.29, 1.82) is 0 Å². The first kappa shape index (κ1) is 10.7. The molecule has 0 aliphatic carbocycles. The smallest absolute Gasteiger partial charge is 0.0348 e. The Bertz CT molecular complexity index is 82.0. The molecule has 65 valence electrons. The molecule has 0 amide bonds. The van der Waals surface area contributed by atoms with Gasteiger partial charge in [0.05, 0.1) is 0 Å². The summed E-state index contributed by atoms with van der Waals surface area (Å²) in [5.41, 5.74) is 0. The molecule has 0 rings (SSSR count). The highest BCUT2D eigenvalue weighted by molar-refractivity contribution is 4.82. The summed E-state index contributed by atoms with van der Waals surface area (Å²) in [5.74, 6) is 0. The molecule has 1 radical (unpaired) electrons. The van der Waals surface area contributed by atoms with Gasteiger partial charge in [-0.2, -0.15) is 0 Å². The molecule has 0 aromatic rings. The quantitative estimate of drug-likeness (QED) is 0.381. The second-order valence-electron chi connectivity index (χ2n) is 2.91. The Morgan fingerprint density at radius 1 is 0.727 bits per heavy atom. The summed E-state index contributed by atoms with van der Waals surface area (Å²) in [6.45, 7) is 4.44. The first-order valence-electron chi connectivity index (χ1n) is 4.88. The molecule has 0 spiro atoms. The topological polar surface area (TPSA) is 0 Å². The number of unbranched alkanes of at least 4 members (excludes halogenated alkanes) is 5. The summed E-state index contributed by atoms with van der Waals surface area (Å²) in [4.78, 5) is 0. The summed E-state index contributed by atoms with van der Waals surface area (Å²) in [6, 6.07) is 0. The van der Waals surface area contributed by atoms with Crippen LogP contribution in [0.15, 0.2) is 12.2 Å². The summed E-state index contributed by atoms with van der Waals surface area (Å²) in [6.07, 6.45) is 14.6. The van der Waals surface area contributed by atoms with E-state index in [1.807, 2.05) is 0 Å². The molecule has 0 heteroatoms. The van der Waals surface area contributed by atoms with Crippen LogP contribution in [0.1, 0.15) is 52.4 Å². The Morgan fingerprint density at radius 3 is 2.00 bits per heavy atom. The van der Waals surface area contributed by atoms with E-state index in [1.165, 1.54) is 38.5 Å². The average molecular weight is 153 g/mol. The maximum Gasteiger partial charge on any atom is -0.0348 e. The minimum Gasteiger partial charge on any atom is -0.0885 e. The van der Waals surface area contributed by atoms with Gasteiger partial charge in [-0.05, 0) is 25.7 Å². The predicted octanol–water partition coefficient (Wildman–Crippen LogP) is 4.13. The number of hydrogen-bond acceptors (Lipinski definition) is 0. The molecule has 0 saturated heterocycles. The molecule has 0 N–H and O–H groups in total. The van der Waals surface area contributed by atoms with Crippen molar-refractivity contribution in [3.8, 4) is 0 Å². The predicted molar refractivity (Wildman–Crippen MR) is 52.5 cm³/mol. The SMILES string of the molecule is CCC[CH]CCC=CCCC. The zero-order valence-corrected chi connectivity index (χ0v) is 7.97. The Balaban J connectivity index is 2.89. The zero-order chi connectivity index (χ0) is 8.36. The van der Waals surface area contributed by atoms with Gasteiger partial charge >= 0.3 is 0 Å². The van der Waals surface area contributed by atoms with Gasteiger partial charge in [0.25, 0.3) is 0 Å². The standard InChI is InChI=1S/C11H21/c1-3-5-7-9-11-10-8-6-4-2/h7-9H,3-6,10-11H2,1-2H3. The van der Waals surface area contributed by atoms with Gasteiger partial charge in [-0.25, -0.2) is 0 Å². The Kier molecular flexibility index (Phi) is 9.51. The number of rotatable bonds is 7. The normalized spacial score (nSPS) is 11.1. The third-order valence-electron chi connectivity index (χ3n) is 1.65. The third kappa shape index (κ3) is 9.74. The lowest BCUT2D eigenvalue weighted by Gasteiger charge is -1.93. The fraction of sp³-hybridized carbons (Fsp3) is 0.727. The van der Waals surface area contributed by atoms with Crippen LogP contribution in [0.4, 0.5) is 0 Å². The van der Waals surface area contributed by atoms with Gasteiger partial charge in [-0.3, -0.25) is 0 Å². The van der Waals surface area contributed by atoms with E-state index in [2.05, 4.69) is 32.4 Å². The molecule has 0 aromatic heterocycles. The van der Waals surface area contributed by atoms with Crippen LogP contribution in [-0.2, 0) is 0 Å². The highest BCUT2D eigenvalue weighted by Gasteiger charge is 1.83. The van der Waals surface area contributed by atoms with Gasteiger partial charge in [-0.1, -0.05) is 45.3 Å². The van der Waals surface area contributed by atoms with Crippen molar-refractivity contribution in [2.45, 2.75) is 52.4 Å². The second kappa shape index (κ2) is 9.74. The molecule has 0 unspecified atom stereocenters. The van der Waals surface area contributed by atoms with Crippen molar-refractivity contribution in [1.82, 2.24) is 0 Å². The summed E-state index contributed by atoms with van der Waals surface area (Å²) in [7, 11) is 0. The van der Waals surface area contributed by atoms with Crippen LogP contribution in [0.25, 0.3) is 0 Å². The van der Waals surface area contributed by atoms with Crippen molar-refractivity contribution in [3.63, 3.8) is 0 Å². The summed E-state index contributed by atoms with van der Waals surface area (Å²) < 4.78 is 0. The second-order valence-corrected chi connectivity index (χ2v) is 2.91. The Labute approximate surface area is 71.7 Å². The number of hydrogen-bond donors (Lipinski definition) is 0. The van der Waals surface area contributed by atoms with Crippen molar-refractivity contribution in [2.24, 2.45) is 0 Å². The van der Waals surface area contributed by atoms with E-state index < -0.39 is 0 Å². The van der Waals surface area contributed by atoms with Gasteiger partial charge in [0.15, 0.2) is 0 Å². The Morgan fingerprint density at radius 2 is 1.36 bits per heavy atom. The molecule has 0 aliphatic heterocycles. The third-order valence-corrected chi connectivity index (χ3v) is 1.65. The summed E-state index contributed by atoms with van der Waals surface area (Å²) in [5, 5.41) is 0. The van der Waals surface area contributed by atoms with E-state index in [0.29, 0.717) is 0 Å². The lowest BCUT2D eigenvalue weighted by atomic mass is 10.1. The number of allylic oxidation sites excluding steroid dienone is 2. The van der Waals surface area contributed by atoms with Crippen LogP contribution in [0, 0.1) is 6.42 Å². The van der Waals surface area contributed by atoms with Crippen LogP contribution < -0.4 is 0 Å². The van der Waals surface area contributed by atoms with Crippen molar-refractivity contribution < 1.29 is 0 Å². The average Bonchev–Trinajstić information content (AvgIpc) is 2.03. The van der Waals surface area contributed by atoms with Crippen LogP contribution in [0.5, 0.6) is 0 Å². The zero-order valence-electron chi connectivity index (χ0n) is 7.97. The van der Waals surface area contributed by atoms with Gasteiger partial charge in [0.2, 0.25) is 0 Å². The van der Waals surface area contributed by atoms with Crippen LogP contribution in [0.3, 0.4) is 0 Å². The van der Waals surface area contributed by atoms with Crippen molar-refractivity contribution >= 4 is 0 Å². The highest BCUT2D eigenvalue weighted by Crippen LogP contribution is 2.02. The van der Waals surface area contributed by atoms with Crippen LogP contribution in [-0.4, -0.2) is 0 Å². The fourth-order valence-electron chi connectivity index (χ4n) is 0.965. The molecular formula is C11H21. The molecule has 11 heavy (non-hydrogen) atoms. The van der Waals surface area contributed by atoms with E-state index >= 15 is 0 Å². The molecule has 0 atom stereocenters. The van der Waals surface area contributed by atoms with Gasteiger partial charge in [0, 0.05) is 0 Å². The van der Waals surface area contributed by atoms with E-state index in [1.54, 1.807) is 0 Å². The highest BCUT2D eigenvalue weighted by atomic mass is 13.9. The van der Waals surface area contributed by atoms with E-state index in [-0.39, 0.29) is 0 Å². The van der Waals surface area contributed by atoms with Gasteiger partial charge < -0.3 is 0 Å². The van der Waals surface area contributed by atoms with Gasteiger partial charge in [0.1, 0.15) is 0 Å². The van der Waals surface area contributed by atoms with Gasteiger partial charge in [-0.15, -0.1) is 0 Å². The minimum absolute atomic E-state index is 1.24.